The van der Waals surface area contributed by atoms with Crippen molar-refractivity contribution in [2.75, 3.05) is 12.3 Å². The second-order valence-corrected chi connectivity index (χ2v) is 8.08. The summed E-state index contributed by atoms with van der Waals surface area (Å²) in [6, 6.07) is 18.3. The molecule has 0 bridgehead atoms. The highest BCUT2D eigenvalue weighted by Crippen LogP contribution is 2.18. The Kier molecular flexibility index (Phi) is 6.63. The standard InChI is InChI=1S/C17H18ClNO4S/c18-24(21,22)13-16(15-9-5-2-6-10-15)11-19-17(20)23-12-14-7-3-1-4-8-14/h1-10,16H,11-13H2,(H,19,20). The summed E-state index contributed by atoms with van der Waals surface area (Å²) in [4.78, 5) is 11.8. The van der Waals surface area contributed by atoms with E-state index in [1.54, 1.807) is 24.3 Å². The number of benzene rings is 2. The molecule has 1 N–H and O–H groups in total. The molecule has 0 saturated heterocycles. The maximum Gasteiger partial charge on any atom is 0.407 e. The molecular formula is C17H18ClNO4S. The SMILES string of the molecule is O=C(NCC(CS(=O)(=O)Cl)c1ccccc1)OCc1ccccc1. The summed E-state index contributed by atoms with van der Waals surface area (Å²) in [5.41, 5.74) is 1.65. The van der Waals surface area contributed by atoms with Gasteiger partial charge in [-0.25, -0.2) is 13.2 Å². The lowest BCUT2D eigenvalue weighted by atomic mass is 10.0. The Hall–Kier alpha value is -2.05. The number of hydrogen-bond donors (Lipinski definition) is 1. The lowest BCUT2D eigenvalue weighted by Gasteiger charge is -2.16. The zero-order valence-corrected chi connectivity index (χ0v) is 14.5. The Bertz CT molecular complexity index is 751. The van der Waals surface area contributed by atoms with Crippen LogP contribution in [0.2, 0.25) is 0 Å². The summed E-state index contributed by atoms with van der Waals surface area (Å²) in [6.45, 7) is 0.264. The fourth-order valence-electron chi connectivity index (χ4n) is 2.22. The van der Waals surface area contributed by atoms with Crippen molar-refractivity contribution in [3.8, 4) is 0 Å². The van der Waals surface area contributed by atoms with Gasteiger partial charge in [-0.2, -0.15) is 0 Å². The number of rotatable bonds is 7. The fraction of sp³-hybridized carbons (Fsp3) is 0.235. The van der Waals surface area contributed by atoms with Crippen molar-refractivity contribution >= 4 is 25.8 Å². The normalized spacial score (nSPS) is 12.4. The largest absolute Gasteiger partial charge is 0.445 e. The molecule has 0 aliphatic carbocycles. The molecule has 2 aromatic rings. The van der Waals surface area contributed by atoms with Crippen LogP contribution in [0.1, 0.15) is 17.0 Å². The van der Waals surface area contributed by atoms with Gasteiger partial charge in [0, 0.05) is 23.1 Å². The maximum absolute atomic E-state index is 11.8. The average molecular weight is 368 g/mol. The second-order valence-electron chi connectivity index (χ2n) is 5.26. The number of carbonyl (C=O) groups is 1. The van der Waals surface area contributed by atoms with Gasteiger partial charge in [0.15, 0.2) is 0 Å². The summed E-state index contributed by atoms with van der Waals surface area (Å²) >= 11 is 0. The molecule has 0 aliphatic rings. The Labute approximate surface area is 146 Å². The lowest BCUT2D eigenvalue weighted by molar-refractivity contribution is 0.139. The van der Waals surface area contributed by atoms with Gasteiger partial charge in [-0.05, 0) is 11.1 Å². The van der Waals surface area contributed by atoms with Gasteiger partial charge in [-0.3, -0.25) is 0 Å². The van der Waals surface area contributed by atoms with E-state index in [1.807, 2.05) is 36.4 Å². The lowest BCUT2D eigenvalue weighted by Crippen LogP contribution is -2.31. The first-order valence-corrected chi connectivity index (χ1v) is 9.84. The Morgan fingerprint density at radius 3 is 2.21 bits per heavy atom. The first kappa shape index (κ1) is 18.3. The highest BCUT2D eigenvalue weighted by Gasteiger charge is 2.20. The number of halogens is 1. The summed E-state index contributed by atoms with van der Waals surface area (Å²) in [5, 5.41) is 2.59. The minimum Gasteiger partial charge on any atom is -0.445 e. The highest BCUT2D eigenvalue weighted by atomic mass is 35.7. The molecule has 1 amide bonds. The molecule has 0 aliphatic heterocycles. The van der Waals surface area contributed by atoms with Crippen molar-refractivity contribution in [1.29, 1.82) is 0 Å². The van der Waals surface area contributed by atoms with E-state index in [2.05, 4.69) is 5.32 Å². The van der Waals surface area contributed by atoms with Crippen LogP contribution in [0.4, 0.5) is 4.79 Å². The molecule has 1 unspecified atom stereocenters. The van der Waals surface area contributed by atoms with Crippen LogP contribution in [0.25, 0.3) is 0 Å². The van der Waals surface area contributed by atoms with Crippen molar-refractivity contribution in [2.24, 2.45) is 0 Å². The van der Waals surface area contributed by atoms with Crippen LogP contribution in [-0.2, 0) is 20.4 Å². The Morgan fingerprint density at radius 2 is 1.62 bits per heavy atom. The van der Waals surface area contributed by atoms with Gasteiger partial charge in [0.05, 0.1) is 5.75 Å². The van der Waals surface area contributed by atoms with Crippen LogP contribution < -0.4 is 5.32 Å². The monoisotopic (exact) mass is 367 g/mol. The van der Waals surface area contributed by atoms with E-state index in [1.165, 1.54) is 0 Å². The molecule has 0 radical (unpaired) electrons. The molecule has 0 aromatic heterocycles. The van der Waals surface area contributed by atoms with Crippen molar-refractivity contribution in [3.63, 3.8) is 0 Å². The first-order chi connectivity index (χ1) is 11.4. The van der Waals surface area contributed by atoms with Crippen molar-refractivity contribution in [2.45, 2.75) is 12.5 Å². The summed E-state index contributed by atoms with van der Waals surface area (Å²) in [5.74, 6) is -0.713. The van der Waals surface area contributed by atoms with E-state index >= 15 is 0 Å². The number of carbonyl (C=O) groups excluding carboxylic acids is 1. The average Bonchev–Trinajstić information content (AvgIpc) is 2.57. The third-order valence-corrected chi connectivity index (χ3v) is 4.56. The minimum atomic E-state index is -3.69. The zero-order chi connectivity index (χ0) is 17.4. The Balaban J connectivity index is 1.91. The van der Waals surface area contributed by atoms with Gasteiger partial charge in [0.2, 0.25) is 9.05 Å². The van der Waals surface area contributed by atoms with Gasteiger partial charge >= 0.3 is 6.09 Å². The molecule has 7 heteroatoms. The van der Waals surface area contributed by atoms with Crippen LogP contribution in [0.5, 0.6) is 0 Å². The summed E-state index contributed by atoms with van der Waals surface area (Å²) in [6.07, 6.45) is -0.605. The number of amides is 1. The van der Waals surface area contributed by atoms with Crippen molar-refractivity contribution in [1.82, 2.24) is 5.32 Å². The molecule has 0 saturated carbocycles. The van der Waals surface area contributed by atoms with Crippen LogP contribution in [-0.4, -0.2) is 26.8 Å². The molecule has 0 heterocycles. The third-order valence-electron chi connectivity index (χ3n) is 3.38. The molecule has 2 rings (SSSR count). The third kappa shape index (κ3) is 6.60. The molecule has 128 valence electrons. The topological polar surface area (TPSA) is 72.5 Å². The van der Waals surface area contributed by atoms with Gasteiger partial charge in [-0.15, -0.1) is 0 Å². The smallest absolute Gasteiger partial charge is 0.407 e. The molecule has 0 fully saturated rings. The predicted molar refractivity (Wildman–Crippen MR) is 93.5 cm³/mol. The Morgan fingerprint density at radius 1 is 1.04 bits per heavy atom. The van der Waals surface area contributed by atoms with E-state index in [4.69, 9.17) is 15.4 Å². The van der Waals surface area contributed by atoms with Gasteiger partial charge in [0.25, 0.3) is 0 Å². The highest BCUT2D eigenvalue weighted by molar-refractivity contribution is 8.13. The molecule has 2 aromatic carbocycles. The van der Waals surface area contributed by atoms with Crippen LogP contribution in [0, 0.1) is 0 Å². The van der Waals surface area contributed by atoms with E-state index in [0.717, 1.165) is 11.1 Å². The first-order valence-electron chi connectivity index (χ1n) is 7.36. The van der Waals surface area contributed by atoms with Crippen molar-refractivity contribution in [3.05, 3.63) is 71.8 Å². The van der Waals surface area contributed by atoms with E-state index in [0.29, 0.717) is 0 Å². The molecule has 5 nitrogen and oxygen atoms in total. The molecule has 24 heavy (non-hydrogen) atoms. The number of nitrogens with one attached hydrogen (secondary N) is 1. The number of alkyl carbamates (subject to hydrolysis) is 1. The molecule has 1 atom stereocenters. The number of ether oxygens (including phenoxy) is 1. The molecular weight excluding hydrogens is 350 g/mol. The number of hydrogen-bond acceptors (Lipinski definition) is 4. The van der Waals surface area contributed by atoms with Gasteiger partial charge < -0.3 is 10.1 Å². The van der Waals surface area contributed by atoms with Gasteiger partial charge in [-0.1, -0.05) is 60.7 Å². The van der Waals surface area contributed by atoms with Crippen LogP contribution in [0.15, 0.2) is 60.7 Å². The van der Waals surface area contributed by atoms with Crippen molar-refractivity contribution < 1.29 is 17.9 Å². The zero-order valence-electron chi connectivity index (χ0n) is 12.9. The van der Waals surface area contributed by atoms with E-state index in [9.17, 15) is 13.2 Å². The van der Waals surface area contributed by atoms with E-state index < -0.39 is 21.1 Å². The predicted octanol–water partition coefficient (Wildman–Crippen LogP) is 3.27. The maximum atomic E-state index is 11.8. The molecule has 0 spiro atoms. The van der Waals surface area contributed by atoms with Gasteiger partial charge in [0.1, 0.15) is 6.61 Å². The van der Waals surface area contributed by atoms with Crippen LogP contribution >= 0.6 is 10.7 Å². The summed E-state index contributed by atoms with van der Waals surface area (Å²) < 4.78 is 27.9. The second kappa shape index (κ2) is 8.70. The fourth-order valence-corrected chi connectivity index (χ4v) is 3.47. The summed E-state index contributed by atoms with van der Waals surface area (Å²) in [7, 11) is 1.67. The van der Waals surface area contributed by atoms with E-state index in [-0.39, 0.29) is 18.9 Å². The van der Waals surface area contributed by atoms with Crippen LogP contribution in [0.3, 0.4) is 0 Å². The minimum absolute atomic E-state index is 0.115. The quantitative estimate of drug-likeness (QED) is 0.762.